The van der Waals surface area contributed by atoms with E-state index in [1.165, 1.54) is 38.3 Å². The summed E-state index contributed by atoms with van der Waals surface area (Å²) in [5.41, 5.74) is 0.905. The SMILES string of the molecule is COCCOCCOCCOCCOCCOCCOCCOCCC(=O)NCCCC[C@H](NC(=O)CCCCCNC(=O)/C=C\C(=O)OC)C(=O)N[C@H](C(=O)N[C@@H](C)C(=O)Nc1ccc(COC(=O)Oc2ccc(O[N+](=O)[O-])cc2)cc1)C(C)C. The number of carbonyl (C=O) groups is 8. The number of methoxy groups -OCH3 is 2. The van der Waals surface area contributed by atoms with Gasteiger partial charge in [0.25, 0.3) is 5.09 Å². The van der Waals surface area contributed by atoms with Crippen LogP contribution in [0.15, 0.2) is 60.7 Å². The summed E-state index contributed by atoms with van der Waals surface area (Å²) in [4.78, 5) is 117. The van der Waals surface area contributed by atoms with Crippen LogP contribution in [0.2, 0.25) is 0 Å². The second kappa shape index (κ2) is 47.8. The first kappa shape index (κ1) is 74.7. The maximum Gasteiger partial charge on any atom is 0.514 e. The number of unbranched alkanes of at least 4 members (excludes halogenated alkanes) is 3. The highest BCUT2D eigenvalue weighted by atomic mass is 17.0. The van der Waals surface area contributed by atoms with E-state index in [2.05, 4.69) is 41.5 Å². The van der Waals surface area contributed by atoms with Crippen LogP contribution in [-0.4, -0.2) is 197 Å². The summed E-state index contributed by atoms with van der Waals surface area (Å²) in [6.07, 6.45) is 3.78. The lowest BCUT2D eigenvalue weighted by atomic mass is 10.0. The van der Waals surface area contributed by atoms with Crippen LogP contribution >= 0.6 is 0 Å². The Bertz CT molecular complexity index is 2310. The fraction of sp³-hybridized carbons (Fsp3) is 0.614. The predicted octanol–water partition coefficient (Wildman–Crippen LogP) is 2.89. The van der Waals surface area contributed by atoms with Gasteiger partial charge in [0.2, 0.25) is 35.4 Å². The lowest BCUT2D eigenvalue weighted by Gasteiger charge is -2.26. The number of nitrogens with zero attached hydrogens (tertiary/aromatic N) is 1. The molecule has 0 spiro atoms. The monoisotopic (exact) mass is 1220 g/mol. The first-order valence-electron chi connectivity index (χ1n) is 28.4. The van der Waals surface area contributed by atoms with Gasteiger partial charge in [-0.15, -0.1) is 10.1 Å². The number of rotatable bonds is 50. The van der Waals surface area contributed by atoms with E-state index in [0.717, 1.165) is 12.2 Å². The zero-order chi connectivity index (χ0) is 63.0. The Morgan fingerprint density at radius 1 is 0.547 bits per heavy atom. The van der Waals surface area contributed by atoms with E-state index in [4.69, 9.17) is 47.4 Å². The number of hydrogen-bond donors (Lipinski definition) is 6. The summed E-state index contributed by atoms with van der Waals surface area (Å²) in [7, 11) is 2.81. The average Bonchev–Trinajstić information content (AvgIpc) is 3.67. The van der Waals surface area contributed by atoms with Crippen molar-refractivity contribution in [1.82, 2.24) is 26.6 Å². The van der Waals surface area contributed by atoms with Crippen molar-refractivity contribution >= 4 is 53.3 Å². The predicted molar refractivity (Wildman–Crippen MR) is 308 cm³/mol. The topological polar surface area (TPSA) is 363 Å². The molecule has 29 nitrogen and oxygen atoms in total. The van der Waals surface area contributed by atoms with Gasteiger partial charge in [-0.05, 0) is 86.9 Å². The number of hydrogen-bond acceptors (Lipinski definition) is 22. The van der Waals surface area contributed by atoms with Crippen LogP contribution in [0.3, 0.4) is 0 Å². The highest BCUT2D eigenvalue weighted by Gasteiger charge is 2.30. The quantitative estimate of drug-likeness (QED) is 0.0138. The van der Waals surface area contributed by atoms with E-state index in [1.54, 1.807) is 45.2 Å². The molecular formula is C57H87N7O22. The zero-order valence-corrected chi connectivity index (χ0v) is 49.9. The fourth-order valence-electron chi connectivity index (χ4n) is 7.14. The minimum atomic E-state index is -1.11. The molecule has 0 aromatic heterocycles. The van der Waals surface area contributed by atoms with Gasteiger partial charge in [0.05, 0.1) is 106 Å². The summed E-state index contributed by atoms with van der Waals surface area (Å²) in [5, 5.41) is 25.9. The maximum atomic E-state index is 13.9. The normalized spacial score (nSPS) is 12.1. The molecule has 0 saturated heterocycles. The van der Waals surface area contributed by atoms with E-state index >= 15 is 0 Å². The van der Waals surface area contributed by atoms with Crippen LogP contribution in [0, 0.1) is 16.0 Å². The lowest BCUT2D eigenvalue weighted by molar-refractivity contribution is -0.711. The number of esters is 1. The van der Waals surface area contributed by atoms with Gasteiger partial charge < -0.3 is 84.0 Å². The number of nitrogens with one attached hydrogen (secondary N) is 6. The molecule has 6 N–H and O–H groups in total. The first-order chi connectivity index (χ1) is 41.5. The van der Waals surface area contributed by atoms with Crippen molar-refractivity contribution < 1.29 is 100 Å². The minimum absolute atomic E-state index is 0.0628. The van der Waals surface area contributed by atoms with Gasteiger partial charge in [0, 0.05) is 50.9 Å². The lowest BCUT2D eigenvalue weighted by Crippen LogP contribution is -2.57. The second-order valence-corrected chi connectivity index (χ2v) is 19.0. The Balaban J connectivity index is 1.77. The van der Waals surface area contributed by atoms with Gasteiger partial charge in [0.15, 0.2) is 0 Å². The third kappa shape index (κ3) is 38.5. The van der Waals surface area contributed by atoms with Gasteiger partial charge in [0.1, 0.15) is 36.2 Å². The Morgan fingerprint density at radius 3 is 1.63 bits per heavy atom. The van der Waals surface area contributed by atoms with Crippen LogP contribution in [-0.2, 0) is 87.5 Å². The standard InChI is InChI=1S/C57H87N7O22/c1-42(2)53(56(71)60-43(3)54(69)61-45-15-13-44(14-16-45)41-84-57(72)85-46-17-19-47(20-18-46)86-64(73)74)63-55(70)48(62-51(67)12-7-6-9-24-58-49(65)21-22-52(68)76-5)11-8-10-25-59-50(66)23-26-77-29-30-79-33-34-81-37-38-83-40-39-82-36-35-80-32-31-78-28-27-75-4/h13-22,42-43,48,53H,6-12,23-41H2,1-5H3,(H,58,65)(H,59,66)(H,60,71)(H,61,69)(H,62,67)(H,63,70)/b22-21-/t43-,48-,53-/m0/s1. The third-order valence-corrected chi connectivity index (χ3v) is 11.8. The van der Waals surface area contributed by atoms with Gasteiger partial charge in [-0.3, -0.25) is 33.6 Å². The Morgan fingerprint density at radius 2 is 1.08 bits per heavy atom. The molecule has 0 bridgehead atoms. The van der Waals surface area contributed by atoms with Gasteiger partial charge >= 0.3 is 12.1 Å². The number of amides is 6. The molecule has 0 aliphatic carbocycles. The Labute approximate surface area is 501 Å². The summed E-state index contributed by atoms with van der Waals surface area (Å²) in [6, 6.07) is 8.09. The summed E-state index contributed by atoms with van der Waals surface area (Å²) in [6.45, 7) is 11.6. The molecule has 86 heavy (non-hydrogen) atoms. The minimum Gasteiger partial charge on any atom is -0.466 e. The van der Waals surface area contributed by atoms with Gasteiger partial charge in [-0.1, -0.05) is 32.4 Å². The average molecular weight is 1220 g/mol. The van der Waals surface area contributed by atoms with E-state index in [9.17, 15) is 48.5 Å². The zero-order valence-electron chi connectivity index (χ0n) is 49.9. The highest BCUT2D eigenvalue weighted by Crippen LogP contribution is 2.19. The summed E-state index contributed by atoms with van der Waals surface area (Å²) >= 11 is 0. The highest BCUT2D eigenvalue weighted by molar-refractivity contribution is 5.99. The van der Waals surface area contributed by atoms with E-state index < -0.39 is 70.8 Å². The molecule has 0 saturated carbocycles. The first-order valence-corrected chi connectivity index (χ1v) is 28.4. The van der Waals surface area contributed by atoms with E-state index in [0.29, 0.717) is 142 Å². The maximum absolute atomic E-state index is 13.9. The molecule has 0 radical (unpaired) electrons. The third-order valence-electron chi connectivity index (χ3n) is 11.8. The fourth-order valence-corrected chi connectivity index (χ4v) is 7.14. The Hall–Kier alpha value is -7.38. The molecule has 0 fully saturated rings. The molecular weight excluding hydrogens is 1130 g/mol. The van der Waals surface area contributed by atoms with Crippen molar-refractivity contribution in [2.45, 2.75) is 96.9 Å². The number of benzene rings is 2. The molecule has 0 aliphatic rings. The molecule has 2 rings (SSSR count). The van der Waals surface area contributed by atoms with E-state index in [-0.39, 0.29) is 56.5 Å². The molecule has 29 heteroatoms. The van der Waals surface area contributed by atoms with Gasteiger partial charge in [-0.25, -0.2) is 9.59 Å². The Kier molecular flexibility index (Phi) is 41.5. The summed E-state index contributed by atoms with van der Waals surface area (Å²) in [5.74, 6) is -4.09. The van der Waals surface area contributed by atoms with Crippen LogP contribution in [0.1, 0.15) is 77.7 Å². The second-order valence-electron chi connectivity index (χ2n) is 19.0. The molecule has 2 aromatic rings. The molecule has 0 heterocycles. The molecule has 2 aromatic carbocycles. The number of anilines is 1. The van der Waals surface area contributed by atoms with Crippen molar-refractivity contribution in [1.29, 1.82) is 0 Å². The van der Waals surface area contributed by atoms with E-state index in [1.807, 2.05) is 0 Å². The molecule has 0 unspecified atom stereocenters. The largest absolute Gasteiger partial charge is 0.514 e. The molecule has 3 atom stereocenters. The van der Waals surface area contributed by atoms with Crippen molar-refractivity contribution in [3.05, 3.63) is 76.4 Å². The van der Waals surface area contributed by atoms with Crippen molar-refractivity contribution in [3.63, 3.8) is 0 Å². The summed E-state index contributed by atoms with van der Waals surface area (Å²) < 4.78 is 57.8. The smallest absolute Gasteiger partial charge is 0.466 e. The number of ether oxygens (including phenoxy) is 11. The molecule has 6 amide bonds. The van der Waals surface area contributed by atoms with Crippen LogP contribution in [0.5, 0.6) is 11.5 Å². The van der Waals surface area contributed by atoms with Crippen molar-refractivity contribution in [2.24, 2.45) is 5.92 Å². The van der Waals surface area contributed by atoms with Crippen LogP contribution in [0.4, 0.5) is 10.5 Å². The van der Waals surface area contributed by atoms with Crippen LogP contribution in [0.25, 0.3) is 0 Å². The van der Waals surface area contributed by atoms with Gasteiger partial charge in [-0.2, -0.15) is 0 Å². The van der Waals surface area contributed by atoms with Crippen LogP contribution < -0.4 is 41.5 Å². The number of carbonyl (C=O) groups excluding carboxylic acids is 8. The van der Waals surface area contributed by atoms with Crippen molar-refractivity contribution in [3.8, 4) is 11.5 Å². The molecule has 482 valence electrons. The van der Waals surface area contributed by atoms with Crippen molar-refractivity contribution in [2.75, 3.05) is 132 Å². The molecule has 0 aliphatic heterocycles.